The van der Waals surface area contributed by atoms with E-state index >= 15 is 0 Å². The summed E-state index contributed by atoms with van der Waals surface area (Å²) in [6, 6.07) is 1.69. The monoisotopic (exact) mass is 270 g/mol. The zero-order valence-electron chi connectivity index (χ0n) is 10.4. The van der Waals surface area contributed by atoms with E-state index in [0.717, 1.165) is 18.9 Å². The molecule has 0 bridgehead atoms. The molecule has 1 rings (SSSR count). The third-order valence-corrected chi connectivity index (χ3v) is 2.50. The molecule has 0 saturated carbocycles. The molecule has 0 fully saturated rings. The number of halogens is 1. The summed E-state index contributed by atoms with van der Waals surface area (Å²) in [6.45, 7) is 2.35. The van der Waals surface area contributed by atoms with Gasteiger partial charge in [0.1, 0.15) is 5.56 Å². The molecule has 0 heterocycles. The topological polar surface area (TPSA) is 110 Å². The molecule has 19 heavy (non-hydrogen) atoms. The van der Waals surface area contributed by atoms with Crippen molar-refractivity contribution in [2.24, 2.45) is 5.84 Å². The quantitative estimate of drug-likeness (QED) is 0.314. The van der Waals surface area contributed by atoms with Crippen LogP contribution < -0.4 is 16.6 Å². The van der Waals surface area contributed by atoms with Gasteiger partial charge in [0.25, 0.3) is 11.6 Å². The lowest BCUT2D eigenvalue weighted by molar-refractivity contribution is -0.385. The summed E-state index contributed by atoms with van der Waals surface area (Å²) in [5, 5.41) is 13.3. The van der Waals surface area contributed by atoms with Gasteiger partial charge in [0.15, 0.2) is 5.82 Å². The summed E-state index contributed by atoms with van der Waals surface area (Å²) in [7, 11) is 0. The summed E-state index contributed by atoms with van der Waals surface area (Å²) in [5.41, 5.74) is 1.05. The van der Waals surface area contributed by atoms with Gasteiger partial charge < -0.3 is 10.7 Å². The van der Waals surface area contributed by atoms with E-state index in [2.05, 4.69) is 5.32 Å². The van der Waals surface area contributed by atoms with E-state index in [-0.39, 0.29) is 11.3 Å². The predicted octanol–water partition coefficient (Wildman–Crippen LogP) is 1.55. The number of nitro groups is 1. The highest BCUT2D eigenvalue weighted by Gasteiger charge is 2.23. The Hall–Kier alpha value is -2.22. The van der Waals surface area contributed by atoms with Crippen LogP contribution in [0.15, 0.2) is 12.1 Å². The average Bonchev–Trinajstić information content (AvgIpc) is 2.38. The maximum absolute atomic E-state index is 13.4. The number of benzene rings is 1. The lowest BCUT2D eigenvalue weighted by Crippen LogP contribution is -2.25. The number of nitrogen functional groups attached to an aromatic ring is 1. The van der Waals surface area contributed by atoms with Crippen LogP contribution in [-0.4, -0.2) is 17.4 Å². The van der Waals surface area contributed by atoms with Crippen molar-refractivity contribution in [1.82, 2.24) is 5.32 Å². The maximum atomic E-state index is 13.4. The predicted molar refractivity (Wildman–Crippen MR) is 68.1 cm³/mol. The van der Waals surface area contributed by atoms with E-state index in [1.54, 1.807) is 0 Å². The molecule has 0 spiro atoms. The third-order valence-electron chi connectivity index (χ3n) is 2.50. The second-order valence-electron chi connectivity index (χ2n) is 3.86. The molecule has 1 aromatic carbocycles. The molecule has 0 aliphatic carbocycles. The molecule has 0 atom stereocenters. The molecule has 0 aliphatic heterocycles. The Morgan fingerprint density at radius 1 is 1.53 bits per heavy atom. The Labute approximate surface area is 109 Å². The highest BCUT2D eigenvalue weighted by atomic mass is 19.1. The second kappa shape index (κ2) is 6.64. The number of carbonyl (C=O) groups excluding carboxylic acids is 1. The van der Waals surface area contributed by atoms with Gasteiger partial charge in [-0.15, -0.1) is 0 Å². The van der Waals surface area contributed by atoms with Gasteiger partial charge in [-0.05, 0) is 12.5 Å². The van der Waals surface area contributed by atoms with Gasteiger partial charge in [-0.1, -0.05) is 13.3 Å². The van der Waals surface area contributed by atoms with Crippen LogP contribution in [0.4, 0.5) is 15.8 Å². The van der Waals surface area contributed by atoms with Crippen LogP contribution in [0, 0.1) is 15.9 Å². The van der Waals surface area contributed by atoms with E-state index in [0.29, 0.717) is 12.6 Å². The van der Waals surface area contributed by atoms with E-state index in [4.69, 9.17) is 5.84 Å². The minimum Gasteiger partial charge on any atom is -0.352 e. The molecule has 104 valence electrons. The smallest absolute Gasteiger partial charge is 0.285 e. The van der Waals surface area contributed by atoms with Crippen LogP contribution in [0.2, 0.25) is 0 Å². The number of carbonyl (C=O) groups is 1. The second-order valence-corrected chi connectivity index (χ2v) is 3.86. The molecular formula is C11H15FN4O3. The molecule has 1 aromatic rings. The summed E-state index contributed by atoms with van der Waals surface area (Å²) in [4.78, 5) is 21.8. The van der Waals surface area contributed by atoms with Gasteiger partial charge in [0, 0.05) is 6.54 Å². The van der Waals surface area contributed by atoms with Crippen molar-refractivity contribution in [3.63, 3.8) is 0 Å². The fourth-order valence-electron chi connectivity index (χ4n) is 1.48. The molecule has 0 aromatic heterocycles. The summed E-state index contributed by atoms with van der Waals surface area (Å²) in [5.74, 6) is 3.56. The first-order chi connectivity index (χ1) is 9.01. The minimum atomic E-state index is -0.890. The number of nitro benzene ring substituents is 1. The van der Waals surface area contributed by atoms with E-state index in [1.807, 2.05) is 12.3 Å². The number of hydrogen-bond donors (Lipinski definition) is 3. The number of nitrogens with zero attached hydrogens (tertiary/aromatic N) is 1. The molecule has 0 unspecified atom stereocenters. The van der Waals surface area contributed by atoms with Crippen molar-refractivity contribution < 1.29 is 14.1 Å². The zero-order chi connectivity index (χ0) is 14.4. The van der Waals surface area contributed by atoms with Gasteiger partial charge in [-0.2, -0.15) is 0 Å². The molecule has 8 heteroatoms. The Morgan fingerprint density at radius 3 is 2.74 bits per heavy atom. The Kier molecular flexibility index (Phi) is 5.19. The van der Waals surface area contributed by atoms with E-state index < -0.39 is 22.3 Å². The fraction of sp³-hybridized carbons (Fsp3) is 0.364. The molecule has 1 amide bonds. The fourth-order valence-corrected chi connectivity index (χ4v) is 1.48. The van der Waals surface area contributed by atoms with Gasteiger partial charge in [0.05, 0.1) is 16.7 Å². The molecule has 4 N–H and O–H groups in total. The Balaban J connectivity index is 3.09. The third kappa shape index (κ3) is 3.62. The number of rotatable bonds is 6. The van der Waals surface area contributed by atoms with Gasteiger partial charge in [0.2, 0.25) is 0 Å². The lowest BCUT2D eigenvalue weighted by Gasteiger charge is -2.08. The van der Waals surface area contributed by atoms with Crippen LogP contribution in [0.25, 0.3) is 0 Å². The van der Waals surface area contributed by atoms with Gasteiger partial charge >= 0.3 is 0 Å². The number of anilines is 1. The van der Waals surface area contributed by atoms with Crippen molar-refractivity contribution in [3.8, 4) is 0 Å². The Morgan fingerprint density at radius 2 is 2.21 bits per heavy atom. The molecule has 7 nitrogen and oxygen atoms in total. The minimum absolute atomic E-state index is 0.175. The molecule has 0 aliphatic rings. The number of nitrogens with one attached hydrogen (secondary N) is 2. The van der Waals surface area contributed by atoms with Crippen LogP contribution in [-0.2, 0) is 0 Å². The van der Waals surface area contributed by atoms with E-state index in [9.17, 15) is 19.3 Å². The zero-order valence-corrected chi connectivity index (χ0v) is 10.4. The number of hydrazine groups is 1. The standard InChI is InChI=1S/C11H15FN4O3/c1-2-3-4-14-11(17)7-5-9(15-13)8(12)6-10(7)16(18)19/h5-6,15H,2-4,13H2,1H3,(H,14,17). The first-order valence-corrected chi connectivity index (χ1v) is 5.74. The number of hydrogen-bond acceptors (Lipinski definition) is 5. The average molecular weight is 270 g/mol. The normalized spacial score (nSPS) is 10.1. The van der Waals surface area contributed by atoms with Gasteiger partial charge in [-0.25, -0.2) is 4.39 Å². The van der Waals surface area contributed by atoms with Crippen molar-refractivity contribution >= 4 is 17.3 Å². The SMILES string of the molecule is CCCCNC(=O)c1cc(NN)c(F)cc1[N+](=O)[O-]. The van der Waals surface area contributed by atoms with E-state index in [1.165, 1.54) is 0 Å². The highest BCUT2D eigenvalue weighted by Crippen LogP contribution is 2.25. The van der Waals surface area contributed by atoms with Crippen LogP contribution >= 0.6 is 0 Å². The number of unbranched alkanes of at least 4 members (excludes halogenated alkanes) is 1. The van der Waals surface area contributed by atoms with Crippen LogP contribution in [0.5, 0.6) is 0 Å². The van der Waals surface area contributed by atoms with Crippen molar-refractivity contribution in [2.45, 2.75) is 19.8 Å². The molecule has 0 radical (unpaired) electrons. The van der Waals surface area contributed by atoms with Crippen molar-refractivity contribution in [3.05, 3.63) is 33.6 Å². The Bertz CT molecular complexity index is 493. The first-order valence-electron chi connectivity index (χ1n) is 5.74. The van der Waals surface area contributed by atoms with Crippen molar-refractivity contribution in [2.75, 3.05) is 12.0 Å². The van der Waals surface area contributed by atoms with Crippen molar-refractivity contribution in [1.29, 1.82) is 0 Å². The maximum Gasteiger partial charge on any atom is 0.285 e. The molecule has 0 saturated heterocycles. The number of nitrogens with two attached hydrogens (primary N) is 1. The largest absolute Gasteiger partial charge is 0.352 e. The van der Waals surface area contributed by atoms with Crippen LogP contribution in [0.1, 0.15) is 30.1 Å². The summed E-state index contributed by atoms with van der Waals surface area (Å²) >= 11 is 0. The lowest BCUT2D eigenvalue weighted by atomic mass is 10.1. The molecular weight excluding hydrogens is 255 g/mol. The summed E-state index contributed by atoms with van der Waals surface area (Å²) < 4.78 is 13.4. The summed E-state index contributed by atoms with van der Waals surface area (Å²) in [6.07, 6.45) is 1.63. The highest BCUT2D eigenvalue weighted by molar-refractivity contribution is 5.99. The van der Waals surface area contributed by atoms with Gasteiger partial charge in [-0.3, -0.25) is 20.8 Å². The first kappa shape index (κ1) is 14.8. The number of amides is 1. The van der Waals surface area contributed by atoms with Crippen LogP contribution in [0.3, 0.4) is 0 Å².